The maximum atomic E-state index is 10.8. The maximum absolute atomic E-state index is 10.8. The highest BCUT2D eigenvalue weighted by Crippen LogP contribution is 2.26. The third kappa shape index (κ3) is 2.67. The van der Waals surface area contributed by atoms with Crippen molar-refractivity contribution in [1.82, 2.24) is 4.98 Å². The van der Waals surface area contributed by atoms with Crippen molar-refractivity contribution in [3.8, 4) is 0 Å². The van der Waals surface area contributed by atoms with E-state index in [1.54, 1.807) is 12.1 Å². The Morgan fingerprint density at radius 3 is 2.95 bits per heavy atom. The molecular weight excluding hydrogens is 268 g/mol. The number of benzene rings is 1. The van der Waals surface area contributed by atoms with Crippen LogP contribution in [0.5, 0.6) is 0 Å². The molecule has 2 aromatic rings. The van der Waals surface area contributed by atoms with Crippen molar-refractivity contribution < 1.29 is 4.92 Å². The lowest BCUT2D eigenvalue weighted by molar-refractivity contribution is -0.384. The minimum atomic E-state index is -0.386. The van der Waals surface area contributed by atoms with Crippen LogP contribution in [0.1, 0.15) is 19.3 Å². The van der Waals surface area contributed by atoms with E-state index in [2.05, 4.69) is 9.88 Å². The second-order valence-electron chi connectivity index (χ2n) is 5.38. The Morgan fingerprint density at radius 2 is 2.19 bits per heavy atom. The van der Waals surface area contributed by atoms with E-state index in [0.29, 0.717) is 12.6 Å². The van der Waals surface area contributed by atoms with Gasteiger partial charge in [-0.15, -0.1) is 0 Å². The number of hydrogen-bond acceptors (Lipinski definition) is 5. The molecule has 6 nitrogen and oxygen atoms in total. The van der Waals surface area contributed by atoms with Crippen molar-refractivity contribution in [2.75, 3.05) is 18.0 Å². The maximum Gasteiger partial charge on any atom is 0.270 e. The molecule has 110 valence electrons. The first-order chi connectivity index (χ1) is 10.2. The van der Waals surface area contributed by atoms with E-state index in [4.69, 9.17) is 5.73 Å². The third-order valence-corrected chi connectivity index (χ3v) is 4.06. The number of rotatable bonds is 3. The van der Waals surface area contributed by atoms with Gasteiger partial charge < -0.3 is 10.6 Å². The molecule has 0 aliphatic carbocycles. The number of pyridine rings is 1. The average molecular weight is 286 g/mol. The number of piperidine rings is 1. The molecule has 1 saturated heterocycles. The number of nitro groups is 1. The smallest absolute Gasteiger partial charge is 0.270 e. The summed E-state index contributed by atoms with van der Waals surface area (Å²) in [6, 6.07) is 8.92. The summed E-state index contributed by atoms with van der Waals surface area (Å²) in [5.74, 6) is 0.909. The molecule has 1 aliphatic heterocycles. The topological polar surface area (TPSA) is 85.3 Å². The summed E-state index contributed by atoms with van der Waals surface area (Å²) in [5, 5.41) is 11.6. The highest BCUT2D eigenvalue weighted by Gasteiger charge is 2.22. The zero-order valence-electron chi connectivity index (χ0n) is 11.7. The SMILES string of the molecule is NCC1CCCCN1c1ccc2cc([N+](=O)[O-])ccc2n1. The molecule has 0 spiro atoms. The highest BCUT2D eigenvalue weighted by atomic mass is 16.6. The van der Waals surface area contributed by atoms with Gasteiger partial charge in [0.1, 0.15) is 5.82 Å². The van der Waals surface area contributed by atoms with Crippen molar-refractivity contribution in [1.29, 1.82) is 0 Å². The lowest BCUT2D eigenvalue weighted by Crippen LogP contribution is -2.44. The Kier molecular flexibility index (Phi) is 3.70. The van der Waals surface area contributed by atoms with Gasteiger partial charge in [0.05, 0.1) is 10.4 Å². The van der Waals surface area contributed by atoms with Crippen molar-refractivity contribution >= 4 is 22.4 Å². The van der Waals surface area contributed by atoms with Crippen molar-refractivity contribution in [2.24, 2.45) is 5.73 Å². The summed E-state index contributed by atoms with van der Waals surface area (Å²) >= 11 is 0. The molecule has 0 amide bonds. The highest BCUT2D eigenvalue weighted by molar-refractivity contribution is 5.82. The van der Waals surface area contributed by atoms with Crippen LogP contribution >= 0.6 is 0 Å². The second kappa shape index (κ2) is 5.65. The van der Waals surface area contributed by atoms with E-state index in [9.17, 15) is 10.1 Å². The van der Waals surface area contributed by atoms with Crippen LogP contribution in [0.15, 0.2) is 30.3 Å². The summed E-state index contributed by atoms with van der Waals surface area (Å²) in [5.41, 5.74) is 6.72. The van der Waals surface area contributed by atoms with Crippen LogP contribution in [0.25, 0.3) is 10.9 Å². The summed E-state index contributed by atoms with van der Waals surface area (Å²) in [6.45, 7) is 1.59. The minimum absolute atomic E-state index is 0.0925. The summed E-state index contributed by atoms with van der Waals surface area (Å²) in [7, 11) is 0. The Bertz CT molecular complexity index is 674. The second-order valence-corrected chi connectivity index (χ2v) is 5.38. The lowest BCUT2D eigenvalue weighted by atomic mass is 10.0. The van der Waals surface area contributed by atoms with E-state index in [1.807, 2.05) is 12.1 Å². The molecule has 1 aromatic heterocycles. The van der Waals surface area contributed by atoms with Gasteiger partial charge in [-0.3, -0.25) is 10.1 Å². The van der Waals surface area contributed by atoms with Crippen LogP contribution in [-0.2, 0) is 0 Å². The number of nitrogens with two attached hydrogens (primary N) is 1. The first-order valence-electron chi connectivity index (χ1n) is 7.21. The minimum Gasteiger partial charge on any atom is -0.352 e. The van der Waals surface area contributed by atoms with E-state index in [-0.39, 0.29) is 10.6 Å². The van der Waals surface area contributed by atoms with Gasteiger partial charge in [-0.2, -0.15) is 0 Å². The predicted molar refractivity (Wildman–Crippen MR) is 82.4 cm³/mol. The molecule has 6 heteroatoms. The normalized spacial score (nSPS) is 18.9. The standard InChI is InChI=1S/C15H18N4O2/c16-10-13-3-1-2-8-18(13)15-7-4-11-9-12(19(20)21)5-6-14(11)17-15/h4-7,9,13H,1-3,8,10,16H2. The van der Waals surface area contributed by atoms with Gasteiger partial charge >= 0.3 is 0 Å². The molecule has 0 saturated carbocycles. The molecule has 1 fully saturated rings. The molecule has 2 heterocycles. The fourth-order valence-corrected chi connectivity index (χ4v) is 2.92. The van der Waals surface area contributed by atoms with Gasteiger partial charge in [0, 0.05) is 36.7 Å². The van der Waals surface area contributed by atoms with E-state index < -0.39 is 0 Å². The first kappa shape index (κ1) is 13.8. The van der Waals surface area contributed by atoms with Crippen LogP contribution < -0.4 is 10.6 Å². The van der Waals surface area contributed by atoms with Crippen LogP contribution in [0.3, 0.4) is 0 Å². The molecule has 0 radical (unpaired) electrons. The molecule has 1 aliphatic rings. The van der Waals surface area contributed by atoms with Gasteiger partial charge in [0.15, 0.2) is 0 Å². The third-order valence-electron chi connectivity index (χ3n) is 4.06. The van der Waals surface area contributed by atoms with E-state index in [1.165, 1.54) is 12.5 Å². The van der Waals surface area contributed by atoms with Crippen molar-refractivity contribution in [3.63, 3.8) is 0 Å². The Balaban J connectivity index is 1.97. The number of non-ortho nitro benzene ring substituents is 1. The molecule has 1 unspecified atom stereocenters. The molecule has 1 aromatic carbocycles. The van der Waals surface area contributed by atoms with E-state index in [0.717, 1.165) is 36.1 Å². The molecule has 1 atom stereocenters. The number of anilines is 1. The number of fused-ring (bicyclic) bond motifs is 1. The zero-order chi connectivity index (χ0) is 14.8. The monoisotopic (exact) mass is 286 g/mol. The van der Waals surface area contributed by atoms with Crippen LogP contribution in [0.2, 0.25) is 0 Å². The van der Waals surface area contributed by atoms with Gasteiger partial charge in [-0.05, 0) is 37.5 Å². The zero-order valence-corrected chi connectivity index (χ0v) is 11.7. The van der Waals surface area contributed by atoms with Gasteiger partial charge in [0.2, 0.25) is 0 Å². The molecule has 0 bridgehead atoms. The Hall–Kier alpha value is -2.21. The van der Waals surface area contributed by atoms with Crippen LogP contribution in [-0.4, -0.2) is 29.0 Å². The fraction of sp³-hybridized carbons (Fsp3) is 0.400. The summed E-state index contributed by atoms with van der Waals surface area (Å²) in [6.07, 6.45) is 3.45. The number of nitrogens with zero attached hydrogens (tertiary/aromatic N) is 3. The Labute approximate surface area is 122 Å². The summed E-state index contributed by atoms with van der Waals surface area (Å²) < 4.78 is 0. The van der Waals surface area contributed by atoms with E-state index >= 15 is 0 Å². The van der Waals surface area contributed by atoms with Crippen LogP contribution in [0.4, 0.5) is 11.5 Å². The van der Waals surface area contributed by atoms with Crippen molar-refractivity contribution in [3.05, 3.63) is 40.4 Å². The van der Waals surface area contributed by atoms with Gasteiger partial charge in [0.25, 0.3) is 5.69 Å². The lowest BCUT2D eigenvalue weighted by Gasteiger charge is -2.36. The van der Waals surface area contributed by atoms with Crippen LogP contribution in [0, 0.1) is 10.1 Å². The molecule has 3 rings (SSSR count). The molecule has 21 heavy (non-hydrogen) atoms. The largest absolute Gasteiger partial charge is 0.352 e. The number of aromatic nitrogens is 1. The molecular formula is C15H18N4O2. The predicted octanol–water partition coefficient (Wildman–Crippen LogP) is 2.46. The number of hydrogen-bond donors (Lipinski definition) is 1. The fourth-order valence-electron chi connectivity index (χ4n) is 2.92. The molecule has 2 N–H and O–H groups in total. The number of nitro benzene ring substituents is 1. The quantitative estimate of drug-likeness (QED) is 0.692. The van der Waals surface area contributed by atoms with Gasteiger partial charge in [-0.25, -0.2) is 4.98 Å². The Morgan fingerprint density at radius 1 is 1.33 bits per heavy atom. The average Bonchev–Trinajstić information content (AvgIpc) is 2.53. The first-order valence-corrected chi connectivity index (χ1v) is 7.21. The van der Waals surface area contributed by atoms with Gasteiger partial charge in [-0.1, -0.05) is 0 Å². The summed E-state index contributed by atoms with van der Waals surface area (Å²) in [4.78, 5) is 17.3. The van der Waals surface area contributed by atoms with Crippen molar-refractivity contribution in [2.45, 2.75) is 25.3 Å².